The van der Waals surface area contributed by atoms with E-state index in [1.54, 1.807) is 0 Å². The average molecular weight is 876 g/mol. The normalized spacial score (nSPS) is 15.6. The molecule has 2 heterocycles. The fourth-order valence-corrected chi connectivity index (χ4v) is 9.89. The summed E-state index contributed by atoms with van der Waals surface area (Å²) in [5.41, 5.74) is 9.36. The Hall–Kier alpha value is -4.83. The third kappa shape index (κ3) is 8.80. The Bertz CT molecular complexity index is 2780. The number of rotatable bonds is 5. The van der Waals surface area contributed by atoms with Crippen LogP contribution in [0.2, 0.25) is 0 Å². The van der Waals surface area contributed by atoms with Crippen molar-refractivity contribution >= 4 is 57.6 Å². The maximum Gasteiger partial charge on any atom is 0.388 e. The van der Waals surface area contributed by atoms with Gasteiger partial charge in [-0.1, -0.05) is 189 Å². The second-order valence-corrected chi connectivity index (χ2v) is 24.9. The maximum atomic E-state index is 7.48. The molecule has 0 N–H and O–H groups in total. The van der Waals surface area contributed by atoms with E-state index in [0.717, 1.165) is 65.7 Å². The highest BCUT2D eigenvalue weighted by atomic mass is 31.1. The lowest BCUT2D eigenvalue weighted by molar-refractivity contribution is 0.177. The molecule has 0 saturated carbocycles. The number of benzene rings is 6. The van der Waals surface area contributed by atoms with E-state index in [0.29, 0.717) is 12.5 Å². The second-order valence-electron chi connectivity index (χ2n) is 23.9. The van der Waals surface area contributed by atoms with Gasteiger partial charge < -0.3 is 13.1 Å². The monoisotopic (exact) mass is 876 g/mol. The fourth-order valence-electron chi connectivity index (χ4n) is 8.65. The third-order valence-electron chi connectivity index (χ3n) is 13.0. The first kappa shape index (κ1) is 45.7. The summed E-state index contributed by atoms with van der Waals surface area (Å²) in [5, 5.41) is 6.41. The number of hydrogen-bond acceptors (Lipinski definition) is 5. The van der Waals surface area contributed by atoms with Crippen LogP contribution < -0.4 is 4.52 Å². The lowest BCUT2D eigenvalue weighted by Crippen LogP contribution is -2.37. The van der Waals surface area contributed by atoms with E-state index in [2.05, 4.69) is 201 Å². The summed E-state index contributed by atoms with van der Waals surface area (Å²) in [6.45, 7) is 38.7. The molecule has 5 nitrogen and oxygen atoms in total. The van der Waals surface area contributed by atoms with Gasteiger partial charge in [-0.05, 0) is 108 Å². The van der Waals surface area contributed by atoms with Gasteiger partial charge in [-0.15, -0.1) is 0 Å². The molecule has 336 valence electrons. The van der Waals surface area contributed by atoms with E-state index >= 15 is 0 Å². The Labute approximate surface area is 383 Å². The molecule has 6 heteroatoms. The van der Waals surface area contributed by atoms with Crippen molar-refractivity contribution in [3.63, 3.8) is 0 Å². The van der Waals surface area contributed by atoms with Crippen LogP contribution in [0.25, 0.3) is 65.7 Å². The highest BCUT2D eigenvalue weighted by molar-refractivity contribution is 7.32. The molecule has 0 saturated heterocycles. The summed E-state index contributed by atoms with van der Waals surface area (Å²) in [4.78, 5) is 5.12. The van der Waals surface area contributed by atoms with Gasteiger partial charge in [-0.25, -0.2) is 4.99 Å². The number of nitrogens with zero attached hydrogens (tertiary/aromatic N) is 1. The number of aliphatic imine (C=N–C) groups is 1. The molecule has 0 fully saturated rings. The Morgan fingerprint density at radius 2 is 0.875 bits per heavy atom. The van der Waals surface area contributed by atoms with Crippen molar-refractivity contribution in [3.05, 3.63) is 119 Å². The standard InChI is InChI=1S/C58H70NO4P/c1-53(2,3)39-26-37(27-40(32-39)54(4,5)6)45-30-35-22-18-20-24-43(35)48-49-44-25-21-19-23-36(44)31-46(38-28-41(55(7,8)9)33-42(29-38)56(10,11)12)51(49)62-64(61-50(45)48)63-58(16,17)52-59-47(34-60-52)57(13,14)15/h18-33,47H,34H2,1-17H3/t47-/m1/s1. The van der Waals surface area contributed by atoms with E-state index in [4.69, 9.17) is 22.6 Å². The van der Waals surface area contributed by atoms with Crippen LogP contribution in [0, 0.1) is 5.41 Å². The van der Waals surface area contributed by atoms with Gasteiger partial charge in [0.1, 0.15) is 6.61 Å². The molecule has 0 bridgehead atoms. The largest absolute Gasteiger partial charge is 0.477 e. The van der Waals surface area contributed by atoms with Gasteiger partial charge in [0.2, 0.25) is 5.90 Å². The Morgan fingerprint density at radius 3 is 1.22 bits per heavy atom. The molecule has 1 aliphatic heterocycles. The predicted molar refractivity (Wildman–Crippen MR) is 274 cm³/mol. The van der Waals surface area contributed by atoms with Crippen LogP contribution in [0.3, 0.4) is 0 Å². The Morgan fingerprint density at radius 1 is 0.500 bits per heavy atom. The van der Waals surface area contributed by atoms with Crippen molar-refractivity contribution in [2.24, 2.45) is 10.4 Å². The van der Waals surface area contributed by atoms with Crippen molar-refractivity contribution < 1.29 is 17.7 Å². The first-order valence-electron chi connectivity index (χ1n) is 23.1. The van der Waals surface area contributed by atoms with Crippen LogP contribution in [-0.4, -0.2) is 24.1 Å². The van der Waals surface area contributed by atoms with Gasteiger partial charge >= 0.3 is 8.24 Å². The molecule has 8 rings (SSSR count). The number of fused-ring (bicyclic) bond motifs is 7. The first-order chi connectivity index (χ1) is 29.6. The molecule has 1 atom stereocenters. The summed E-state index contributed by atoms with van der Waals surface area (Å²) in [6, 6.07) is 36.2. The lowest BCUT2D eigenvalue weighted by atomic mass is 9.78. The van der Waals surface area contributed by atoms with Crippen LogP contribution in [0.5, 0.6) is 0 Å². The Kier molecular flexibility index (Phi) is 11.2. The van der Waals surface area contributed by atoms with Gasteiger partial charge in [0.25, 0.3) is 0 Å². The van der Waals surface area contributed by atoms with Crippen LogP contribution in [-0.2, 0) is 26.4 Å². The summed E-state index contributed by atoms with van der Waals surface area (Å²) in [5.74, 6) is 0.560. The van der Waals surface area contributed by atoms with Crippen LogP contribution >= 0.6 is 8.24 Å². The lowest BCUT2D eigenvalue weighted by Gasteiger charge is -2.26. The third-order valence-corrected chi connectivity index (χ3v) is 14.3. The van der Waals surface area contributed by atoms with Crippen LogP contribution in [0.4, 0.5) is 0 Å². The van der Waals surface area contributed by atoms with Gasteiger partial charge in [0.05, 0.1) is 6.04 Å². The van der Waals surface area contributed by atoms with E-state index in [1.807, 2.05) is 13.8 Å². The SMILES string of the molecule is CC(C)(Op1oc2c(-c3cc(C(C)(C)C)cc(C(C)(C)C)c3)cc3ccccc3c2c2c(o1)c(-c1cc(C(C)(C)C)cc(C(C)(C)C)c1)cc1ccccc12)C1=N[C@@H](C(C)(C)C)CO1. The highest BCUT2D eigenvalue weighted by Crippen LogP contribution is 2.49. The first-order valence-corrected chi connectivity index (χ1v) is 24.2. The highest BCUT2D eigenvalue weighted by Gasteiger charge is 2.39. The predicted octanol–water partition coefficient (Wildman–Crippen LogP) is 17.2. The molecule has 0 spiro atoms. The minimum Gasteiger partial charge on any atom is -0.477 e. The number of hydrogen-bond donors (Lipinski definition) is 0. The zero-order chi connectivity index (χ0) is 46.5. The molecule has 0 aliphatic carbocycles. The Balaban J connectivity index is 1.60. The fraction of sp³-hybridized carbons (Fsp3) is 0.431. The zero-order valence-corrected chi connectivity index (χ0v) is 42.4. The molecular weight excluding hydrogens is 806 g/mol. The van der Waals surface area contributed by atoms with E-state index in [-0.39, 0.29) is 33.1 Å². The summed E-state index contributed by atoms with van der Waals surface area (Å²) in [6.07, 6.45) is 0. The number of ether oxygens (including phenoxy) is 1. The second kappa shape index (κ2) is 15.7. The van der Waals surface area contributed by atoms with Gasteiger partial charge in [-0.2, -0.15) is 0 Å². The minimum absolute atomic E-state index is 0.00530. The minimum atomic E-state index is -2.12. The maximum absolute atomic E-state index is 7.48. The van der Waals surface area contributed by atoms with Crippen molar-refractivity contribution in [2.45, 2.75) is 151 Å². The van der Waals surface area contributed by atoms with Crippen molar-refractivity contribution in [1.29, 1.82) is 0 Å². The molecule has 0 amide bonds. The van der Waals surface area contributed by atoms with Crippen molar-refractivity contribution in [2.75, 3.05) is 6.61 Å². The molecule has 6 aromatic carbocycles. The summed E-state index contributed by atoms with van der Waals surface area (Å²) in [7, 11) is -2.12. The summed E-state index contributed by atoms with van der Waals surface area (Å²) >= 11 is 0. The van der Waals surface area contributed by atoms with Gasteiger partial charge in [0, 0.05) is 21.9 Å². The molecule has 1 aliphatic rings. The van der Waals surface area contributed by atoms with Crippen molar-refractivity contribution in [3.8, 4) is 22.3 Å². The molecule has 7 aromatic rings. The molecule has 0 unspecified atom stereocenters. The van der Waals surface area contributed by atoms with Gasteiger partial charge in [-0.3, -0.25) is 4.52 Å². The quantitative estimate of drug-likeness (QED) is 0.173. The zero-order valence-electron chi connectivity index (χ0n) is 41.5. The molecule has 0 radical (unpaired) electrons. The van der Waals surface area contributed by atoms with E-state index < -0.39 is 13.8 Å². The molecular formula is C58H70NO4P. The molecule has 1 aromatic heterocycles. The van der Waals surface area contributed by atoms with Crippen LogP contribution in [0.15, 0.2) is 110 Å². The smallest absolute Gasteiger partial charge is 0.388 e. The molecule has 64 heavy (non-hydrogen) atoms. The topological polar surface area (TPSA) is 57.1 Å². The van der Waals surface area contributed by atoms with Crippen molar-refractivity contribution in [1.82, 2.24) is 0 Å². The van der Waals surface area contributed by atoms with E-state index in [9.17, 15) is 0 Å². The van der Waals surface area contributed by atoms with Gasteiger partial charge in [0.15, 0.2) is 16.8 Å². The summed E-state index contributed by atoms with van der Waals surface area (Å²) < 4.78 is 28.5. The van der Waals surface area contributed by atoms with Crippen LogP contribution in [0.1, 0.15) is 140 Å². The average Bonchev–Trinajstić information content (AvgIpc) is 3.66. The van der Waals surface area contributed by atoms with E-state index in [1.165, 1.54) is 22.3 Å².